The minimum atomic E-state index is -0.217. The highest BCUT2D eigenvalue weighted by molar-refractivity contribution is 5.70. The first-order valence-electron chi connectivity index (χ1n) is 5.44. The summed E-state index contributed by atoms with van der Waals surface area (Å²) in [6, 6.07) is 10.1. The zero-order valence-corrected chi connectivity index (χ0v) is 9.30. The summed E-state index contributed by atoms with van der Waals surface area (Å²) in [7, 11) is 0. The number of benzene rings is 1. The van der Waals surface area contributed by atoms with E-state index in [1.54, 1.807) is 4.90 Å². The van der Waals surface area contributed by atoms with E-state index in [1.807, 2.05) is 49.4 Å². The summed E-state index contributed by atoms with van der Waals surface area (Å²) in [5.41, 5.74) is 1.14. The maximum absolute atomic E-state index is 11.3. The number of cyclic esters (lactones) is 1. The normalized spacial score (nSPS) is 17.8. The second-order valence-electron chi connectivity index (χ2n) is 3.82. The van der Waals surface area contributed by atoms with Crippen LogP contribution in [0.2, 0.25) is 0 Å². The van der Waals surface area contributed by atoms with Gasteiger partial charge in [0.05, 0.1) is 12.6 Å². The van der Waals surface area contributed by atoms with Crippen LogP contribution in [0.4, 0.5) is 4.79 Å². The summed E-state index contributed by atoms with van der Waals surface area (Å²) in [4.78, 5) is 13.0. The highest BCUT2D eigenvalue weighted by Gasteiger charge is 2.24. The molecular weight excluding hydrogens is 202 g/mol. The van der Waals surface area contributed by atoms with E-state index in [1.165, 1.54) is 0 Å². The molecule has 1 fully saturated rings. The molecule has 3 nitrogen and oxygen atoms in total. The van der Waals surface area contributed by atoms with Crippen LogP contribution in [0, 0.1) is 0 Å². The van der Waals surface area contributed by atoms with E-state index in [2.05, 4.69) is 0 Å². The highest BCUT2D eigenvalue weighted by Crippen LogP contribution is 2.11. The van der Waals surface area contributed by atoms with Gasteiger partial charge in [-0.2, -0.15) is 0 Å². The van der Waals surface area contributed by atoms with Crippen LogP contribution in [-0.4, -0.2) is 30.2 Å². The SMILES string of the molecule is CC(/C=C/c1ccccc1)N1CCOC1=O. The molecule has 16 heavy (non-hydrogen) atoms. The van der Waals surface area contributed by atoms with Crippen molar-refractivity contribution < 1.29 is 9.53 Å². The lowest BCUT2D eigenvalue weighted by Crippen LogP contribution is -2.32. The molecule has 84 valence electrons. The van der Waals surface area contributed by atoms with Gasteiger partial charge in [0.25, 0.3) is 0 Å². The zero-order valence-electron chi connectivity index (χ0n) is 9.30. The van der Waals surface area contributed by atoms with Gasteiger partial charge in [-0.1, -0.05) is 42.5 Å². The van der Waals surface area contributed by atoms with Gasteiger partial charge in [-0.25, -0.2) is 4.79 Å². The lowest BCUT2D eigenvalue weighted by Gasteiger charge is -2.17. The van der Waals surface area contributed by atoms with Crippen LogP contribution in [0.5, 0.6) is 0 Å². The van der Waals surface area contributed by atoms with Gasteiger partial charge in [0.15, 0.2) is 0 Å². The first-order chi connectivity index (χ1) is 7.77. The number of ether oxygens (including phenoxy) is 1. The number of amides is 1. The van der Waals surface area contributed by atoms with Crippen LogP contribution >= 0.6 is 0 Å². The van der Waals surface area contributed by atoms with E-state index in [4.69, 9.17) is 4.74 Å². The average molecular weight is 217 g/mol. The smallest absolute Gasteiger partial charge is 0.410 e. The molecule has 1 atom stereocenters. The van der Waals surface area contributed by atoms with Crippen molar-refractivity contribution in [3.8, 4) is 0 Å². The summed E-state index contributed by atoms with van der Waals surface area (Å²) in [6.45, 7) is 3.17. The Morgan fingerprint density at radius 3 is 2.75 bits per heavy atom. The van der Waals surface area contributed by atoms with Crippen molar-refractivity contribution in [1.29, 1.82) is 0 Å². The van der Waals surface area contributed by atoms with E-state index in [-0.39, 0.29) is 12.1 Å². The van der Waals surface area contributed by atoms with Crippen LogP contribution in [0.1, 0.15) is 12.5 Å². The van der Waals surface area contributed by atoms with E-state index in [9.17, 15) is 4.79 Å². The molecule has 0 N–H and O–H groups in total. The third-order valence-corrected chi connectivity index (χ3v) is 2.65. The number of nitrogens with zero attached hydrogens (tertiary/aromatic N) is 1. The van der Waals surface area contributed by atoms with Crippen molar-refractivity contribution in [3.63, 3.8) is 0 Å². The van der Waals surface area contributed by atoms with Gasteiger partial charge in [0.2, 0.25) is 0 Å². The standard InChI is InChI=1S/C13H15NO2/c1-11(14-9-10-16-13(14)15)7-8-12-5-3-2-4-6-12/h2-8,11H,9-10H2,1H3/b8-7+. The minimum absolute atomic E-state index is 0.0789. The predicted molar refractivity (Wildman–Crippen MR) is 63.0 cm³/mol. The van der Waals surface area contributed by atoms with Crippen molar-refractivity contribution >= 4 is 12.2 Å². The number of hydrogen-bond donors (Lipinski definition) is 0. The fourth-order valence-corrected chi connectivity index (χ4v) is 1.69. The largest absolute Gasteiger partial charge is 0.448 e. The molecule has 0 bridgehead atoms. The van der Waals surface area contributed by atoms with Crippen molar-refractivity contribution in [3.05, 3.63) is 42.0 Å². The monoisotopic (exact) mass is 217 g/mol. The number of carbonyl (C=O) groups excluding carboxylic acids is 1. The van der Waals surface area contributed by atoms with Gasteiger partial charge in [-0.05, 0) is 12.5 Å². The molecule has 1 unspecified atom stereocenters. The Morgan fingerprint density at radius 2 is 2.12 bits per heavy atom. The molecule has 0 saturated carbocycles. The molecule has 1 amide bonds. The first-order valence-corrected chi connectivity index (χ1v) is 5.44. The van der Waals surface area contributed by atoms with Crippen molar-refractivity contribution in [2.75, 3.05) is 13.2 Å². The Labute approximate surface area is 95.3 Å². The molecule has 0 spiro atoms. The quantitative estimate of drug-likeness (QED) is 0.778. The minimum Gasteiger partial charge on any atom is -0.448 e. The highest BCUT2D eigenvalue weighted by atomic mass is 16.6. The van der Waals surface area contributed by atoms with Crippen molar-refractivity contribution in [2.24, 2.45) is 0 Å². The number of hydrogen-bond acceptors (Lipinski definition) is 2. The Balaban J connectivity index is 1.99. The zero-order chi connectivity index (χ0) is 11.4. The molecule has 1 aliphatic heterocycles. The van der Waals surface area contributed by atoms with Gasteiger partial charge >= 0.3 is 6.09 Å². The number of carbonyl (C=O) groups is 1. The van der Waals surface area contributed by atoms with E-state index in [0.29, 0.717) is 13.2 Å². The van der Waals surface area contributed by atoms with Crippen LogP contribution in [0.15, 0.2) is 36.4 Å². The summed E-state index contributed by atoms with van der Waals surface area (Å²) in [5, 5.41) is 0. The Hall–Kier alpha value is -1.77. The molecule has 1 saturated heterocycles. The van der Waals surface area contributed by atoms with Gasteiger partial charge in [0.1, 0.15) is 6.61 Å². The van der Waals surface area contributed by atoms with Crippen LogP contribution < -0.4 is 0 Å². The molecule has 1 aromatic rings. The summed E-state index contributed by atoms with van der Waals surface area (Å²) < 4.78 is 4.89. The molecule has 0 aliphatic carbocycles. The molecular formula is C13H15NO2. The Morgan fingerprint density at radius 1 is 1.38 bits per heavy atom. The fraction of sp³-hybridized carbons (Fsp3) is 0.308. The average Bonchev–Trinajstić information content (AvgIpc) is 2.74. The lowest BCUT2D eigenvalue weighted by molar-refractivity contribution is 0.154. The van der Waals surface area contributed by atoms with Gasteiger partial charge in [-0.15, -0.1) is 0 Å². The van der Waals surface area contributed by atoms with E-state index < -0.39 is 0 Å². The summed E-state index contributed by atoms with van der Waals surface area (Å²) in [5.74, 6) is 0. The molecule has 0 aromatic heterocycles. The van der Waals surface area contributed by atoms with Gasteiger partial charge < -0.3 is 4.74 Å². The number of rotatable bonds is 3. The third-order valence-electron chi connectivity index (χ3n) is 2.65. The van der Waals surface area contributed by atoms with Crippen LogP contribution in [0.3, 0.4) is 0 Å². The van der Waals surface area contributed by atoms with E-state index in [0.717, 1.165) is 5.56 Å². The molecule has 1 heterocycles. The Kier molecular flexibility index (Phi) is 3.25. The molecule has 1 aromatic carbocycles. The first kappa shape index (κ1) is 10.7. The van der Waals surface area contributed by atoms with Crippen LogP contribution in [0.25, 0.3) is 6.08 Å². The lowest BCUT2D eigenvalue weighted by atomic mass is 10.2. The Bertz CT molecular complexity index is 386. The molecule has 3 heteroatoms. The fourth-order valence-electron chi connectivity index (χ4n) is 1.69. The maximum atomic E-state index is 11.3. The van der Waals surface area contributed by atoms with E-state index >= 15 is 0 Å². The van der Waals surface area contributed by atoms with Crippen molar-refractivity contribution in [1.82, 2.24) is 4.90 Å². The molecule has 2 rings (SSSR count). The summed E-state index contributed by atoms with van der Waals surface area (Å²) in [6.07, 6.45) is 3.82. The van der Waals surface area contributed by atoms with Gasteiger partial charge in [0, 0.05) is 0 Å². The molecule has 0 radical (unpaired) electrons. The topological polar surface area (TPSA) is 29.5 Å². The third kappa shape index (κ3) is 2.42. The maximum Gasteiger partial charge on any atom is 0.410 e. The predicted octanol–water partition coefficient (Wildman–Crippen LogP) is 2.54. The second kappa shape index (κ2) is 4.84. The van der Waals surface area contributed by atoms with Gasteiger partial charge in [-0.3, -0.25) is 4.90 Å². The van der Waals surface area contributed by atoms with Crippen LogP contribution in [-0.2, 0) is 4.74 Å². The van der Waals surface area contributed by atoms with Crippen molar-refractivity contribution in [2.45, 2.75) is 13.0 Å². The second-order valence-corrected chi connectivity index (χ2v) is 3.82. The molecule has 1 aliphatic rings. The summed E-state index contributed by atoms with van der Waals surface area (Å²) >= 11 is 0.